The minimum absolute atomic E-state index is 0.0300. The minimum Gasteiger partial charge on any atom is -0.496 e. The van der Waals surface area contributed by atoms with Gasteiger partial charge in [0.25, 0.3) is 5.91 Å². The monoisotopic (exact) mass is 373 g/mol. The number of aromatic nitrogens is 2. The molecule has 0 saturated heterocycles. The Bertz CT molecular complexity index is 850. The molecule has 9 heteroatoms. The molecule has 1 aliphatic rings. The molecule has 9 nitrogen and oxygen atoms in total. The summed E-state index contributed by atoms with van der Waals surface area (Å²) in [7, 11) is 4.75. The maximum absolute atomic E-state index is 12.4. The molecule has 2 aromatic rings. The van der Waals surface area contributed by atoms with Crippen molar-refractivity contribution in [1.82, 2.24) is 19.8 Å². The second-order valence-electron chi connectivity index (χ2n) is 6.33. The van der Waals surface area contributed by atoms with Crippen molar-refractivity contribution in [3.63, 3.8) is 0 Å². The molecule has 0 fully saturated rings. The molecule has 0 saturated carbocycles. The van der Waals surface area contributed by atoms with Gasteiger partial charge in [0.1, 0.15) is 12.3 Å². The van der Waals surface area contributed by atoms with Crippen molar-refractivity contribution in [2.24, 2.45) is 0 Å². The smallest absolute Gasteiger partial charge is 0.277 e. The van der Waals surface area contributed by atoms with Crippen LogP contribution in [0.1, 0.15) is 16.1 Å². The standard InChI is InChI=1S/C18H23N5O4/c1-21-16-15(17(25)22(2)18(21)26)23(11-20-16)10-14(24)19-9-8-12-6-4-5-7-13(12)27-3/h4-7,11,18,26H,8-10H2,1-3H3,(H,19,24). The van der Waals surface area contributed by atoms with E-state index in [-0.39, 0.29) is 24.1 Å². The number of benzene rings is 1. The number of anilines is 1. The molecule has 144 valence electrons. The van der Waals surface area contributed by atoms with Gasteiger partial charge in [-0.2, -0.15) is 0 Å². The van der Waals surface area contributed by atoms with Gasteiger partial charge in [0.05, 0.1) is 13.4 Å². The zero-order chi connectivity index (χ0) is 19.6. The topological polar surface area (TPSA) is 99.9 Å². The highest BCUT2D eigenvalue weighted by molar-refractivity contribution is 5.99. The third kappa shape index (κ3) is 3.59. The summed E-state index contributed by atoms with van der Waals surface area (Å²) in [4.78, 5) is 31.6. The maximum atomic E-state index is 12.4. The molecular weight excluding hydrogens is 350 g/mol. The van der Waals surface area contributed by atoms with E-state index in [0.29, 0.717) is 18.8 Å². The summed E-state index contributed by atoms with van der Waals surface area (Å²) >= 11 is 0. The lowest BCUT2D eigenvalue weighted by Crippen LogP contribution is -2.52. The van der Waals surface area contributed by atoms with Crippen molar-refractivity contribution in [2.75, 3.05) is 32.6 Å². The van der Waals surface area contributed by atoms with E-state index in [4.69, 9.17) is 4.74 Å². The number of fused-ring (bicyclic) bond motifs is 1. The van der Waals surface area contributed by atoms with Gasteiger partial charge in [-0.1, -0.05) is 18.2 Å². The first-order valence-corrected chi connectivity index (χ1v) is 8.55. The molecule has 0 radical (unpaired) electrons. The maximum Gasteiger partial charge on any atom is 0.277 e. The first kappa shape index (κ1) is 18.7. The Labute approximate surface area is 157 Å². The Morgan fingerprint density at radius 2 is 2.04 bits per heavy atom. The van der Waals surface area contributed by atoms with Gasteiger partial charge in [0.2, 0.25) is 12.3 Å². The van der Waals surface area contributed by atoms with Gasteiger partial charge in [0, 0.05) is 20.6 Å². The number of aliphatic hydroxyl groups is 1. The number of para-hydroxylation sites is 1. The Kier molecular flexibility index (Phi) is 5.31. The van der Waals surface area contributed by atoms with Gasteiger partial charge in [-0.05, 0) is 18.1 Å². The van der Waals surface area contributed by atoms with Crippen LogP contribution in [0, 0.1) is 0 Å². The predicted molar refractivity (Wildman–Crippen MR) is 98.4 cm³/mol. The number of rotatable bonds is 6. The quantitative estimate of drug-likeness (QED) is 0.742. The van der Waals surface area contributed by atoms with Gasteiger partial charge in [-0.3, -0.25) is 14.5 Å². The van der Waals surface area contributed by atoms with E-state index in [9.17, 15) is 14.7 Å². The molecule has 1 atom stereocenters. The van der Waals surface area contributed by atoms with Crippen LogP contribution in [0.25, 0.3) is 0 Å². The number of hydrogen-bond donors (Lipinski definition) is 2. The van der Waals surface area contributed by atoms with Crippen LogP contribution >= 0.6 is 0 Å². The zero-order valence-corrected chi connectivity index (χ0v) is 15.5. The van der Waals surface area contributed by atoms with E-state index in [1.54, 1.807) is 14.2 Å². The van der Waals surface area contributed by atoms with E-state index in [1.165, 1.54) is 27.7 Å². The number of methoxy groups -OCH3 is 1. The van der Waals surface area contributed by atoms with Gasteiger partial charge in [-0.25, -0.2) is 4.98 Å². The van der Waals surface area contributed by atoms with Crippen molar-refractivity contribution >= 4 is 17.6 Å². The Morgan fingerprint density at radius 3 is 2.78 bits per heavy atom. The highest BCUT2D eigenvalue weighted by Crippen LogP contribution is 2.26. The number of imidazole rings is 1. The molecule has 1 aliphatic heterocycles. The van der Waals surface area contributed by atoms with Gasteiger partial charge in [0.15, 0.2) is 11.5 Å². The summed E-state index contributed by atoms with van der Waals surface area (Å²) < 4.78 is 6.79. The van der Waals surface area contributed by atoms with Crippen LogP contribution in [0.2, 0.25) is 0 Å². The van der Waals surface area contributed by atoms with E-state index in [1.807, 2.05) is 24.3 Å². The summed E-state index contributed by atoms with van der Waals surface area (Å²) in [5, 5.41) is 12.9. The first-order valence-electron chi connectivity index (χ1n) is 8.55. The van der Waals surface area contributed by atoms with Crippen molar-refractivity contribution in [1.29, 1.82) is 0 Å². The SMILES string of the molecule is COc1ccccc1CCNC(=O)Cn1cnc2c1C(=O)N(C)C(O)N2C. The molecule has 0 aliphatic carbocycles. The summed E-state index contributed by atoms with van der Waals surface area (Å²) in [6.07, 6.45) is 0.988. The number of carbonyl (C=O) groups is 2. The average Bonchev–Trinajstić information content (AvgIpc) is 3.08. The number of amides is 2. The molecule has 2 heterocycles. The van der Waals surface area contributed by atoms with Crippen LogP contribution in [0.5, 0.6) is 5.75 Å². The predicted octanol–water partition coefficient (Wildman–Crippen LogP) is 0.0483. The lowest BCUT2D eigenvalue weighted by molar-refractivity contribution is -0.121. The van der Waals surface area contributed by atoms with E-state index in [0.717, 1.165) is 11.3 Å². The average molecular weight is 373 g/mol. The number of hydrogen-bond acceptors (Lipinski definition) is 6. The Balaban J connectivity index is 1.63. The molecule has 1 unspecified atom stereocenters. The largest absolute Gasteiger partial charge is 0.496 e. The highest BCUT2D eigenvalue weighted by atomic mass is 16.5. The number of ether oxygens (including phenoxy) is 1. The summed E-state index contributed by atoms with van der Waals surface area (Å²) in [6, 6.07) is 7.64. The van der Waals surface area contributed by atoms with Gasteiger partial charge < -0.3 is 24.6 Å². The molecule has 0 bridgehead atoms. The molecule has 2 N–H and O–H groups in total. The number of aliphatic hydroxyl groups excluding tert-OH is 1. The third-order valence-electron chi connectivity index (χ3n) is 4.59. The van der Waals surface area contributed by atoms with Crippen LogP contribution < -0.4 is 15.0 Å². The minimum atomic E-state index is -1.08. The highest BCUT2D eigenvalue weighted by Gasteiger charge is 2.36. The fraction of sp³-hybridized carbons (Fsp3) is 0.389. The second kappa shape index (κ2) is 7.67. The second-order valence-corrected chi connectivity index (χ2v) is 6.33. The Hall–Kier alpha value is -3.07. The van der Waals surface area contributed by atoms with Crippen LogP contribution in [0.15, 0.2) is 30.6 Å². The fourth-order valence-electron chi connectivity index (χ4n) is 3.07. The fourth-order valence-corrected chi connectivity index (χ4v) is 3.07. The van der Waals surface area contributed by atoms with Gasteiger partial charge >= 0.3 is 0 Å². The van der Waals surface area contributed by atoms with E-state index in [2.05, 4.69) is 10.3 Å². The van der Waals surface area contributed by atoms with Crippen LogP contribution in [-0.2, 0) is 17.8 Å². The van der Waals surface area contributed by atoms with E-state index >= 15 is 0 Å². The molecule has 3 rings (SSSR count). The van der Waals surface area contributed by atoms with Crippen molar-refractivity contribution in [3.8, 4) is 5.75 Å². The van der Waals surface area contributed by atoms with Crippen molar-refractivity contribution in [2.45, 2.75) is 19.3 Å². The molecule has 1 aromatic heterocycles. The number of carbonyl (C=O) groups excluding carboxylic acids is 2. The summed E-state index contributed by atoms with van der Waals surface area (Å²) in [5.41, 5.74) is 1.29. The Morgan fingerprint density at radius 1 is 1.30 bits per heavy atom. The molecule has 0 spiro atoms. The number of nitrogens with one attached hydrogen (secondary N) is 1. The third-order valence-corrected chi connectivity index (χ3v) is 4.59. The van der Waals surface area contributed by atoms with E-state index < -0.39 is 6.35 Å². The molecule has 1 aromatic carbocycles. The lowest BCUT2D eigenvalue weighted by Gasteiger charge is -2.36. The molecular formula is C18H23N5O4. The van der Waals surface area contributed by atoms with Crippen molar-refractivity contribution in [3.05, 3.63) is 41.9 Å². The first-order chi connectivity index (χ1) is 12.9. The zero-order valence-electron chi connectivity index (χ0n) is 15.5. The summed E-state index contributed by atoms with van der Waals surface area (Å²) in [5.74, 6) is 0.530. The van der Waals surface area contributed by atoms with Crippen LogP contribution in [0.4, 0.5) is 5.82 Å². The van der Waals surface area contributed by atoms with Crippen LogP contribution in [0.3, 0.4) is 0 Å². The van der Waals surface area contributed by atoms with Crippen LogP contribution in [-0.4, -0.2) is 65.5 Å². The van der Waals surface area contributed by atoms with Crippen molar-refractivity contribution < 1.29 is 19.4 Å². The lowest BCUT2D eigenvalue weighted by atomic mass is 10.1. The molecule has 27 heavy (non-hydrogen) atoms. The molecule has 2 amide bonds. The normalized spacial score (nSPS) is 16.3. The van der Waals surface area contributed by atoms with Gasteiger partial charge in [-0.15, -0.1) is 0 Å². The summed E-state index contributed by atoms with van der Waals surface area (Å²) in [6.45, 7) is 0.417. The number of nitrogens with zero attached hydrogens (tertiary/aromatic N) is 4.